The zero-order valence-electron chi connectivity index (χ0n) is 10.6. The number of anilines is 1. The topological polar surface area (TPSA) is 34.1 Å². The molecule has 0 amide bonds. The molecule has 0 saturated heterocycles. The number of hydrogen-bond acceptors (Lipinski definition) is 3. The second-order valence-corrected chi connectivity index (χ2v) is 4.05. The molecule has 2 aromatic rings. The first-order chi connectivity index (χ1) is 8.88. The van der Waals surface area contributed by atoms with Gasteiger partial charge in [0.1, 0.15) is 5.75 Å². The maximum Gasteiger partial charge on any atom is 0.122 e. The number of ether oxygens (including phenoxy) is 1. The van der Waals surface area contributed by atoms with Gasteiger partial charge in [-0.2, -0.15) is 0 Å². The second-order valence-electron chi connectivity index (χ2n) is 4.05. The molecule has 1 heterocycles. The van der Waals surface area contributed by atoms with E-state index in [4.69, 9.17) is 4.74 Å². The lowest BCUT2D eigenvalue weighted by Crippen LogP contribution is -2.02. The molecule has 1 N–H and O–H groups in total. The summed E-state index contributed by atoms with van der Waals surface area (Å²) in [6, 6.07) is 14.0. The molecule has 18 heavy (non-hydrogen) atoms. The molecule has 0 aliphatic carbocycles. The van der Waals surface area contributed by atoms with E-state index in [0.717, 1.165) is 30.2 Å². The molecule has 2 rings (SSSR count). The van der Waals surface area contributed by atoms with Crippen molar-refractivity contribution in [1.82, 2.24) is 4.98 Å². The van der Waals surface area contributed by atoms with Crippen molar-refractivity contribution in [3.05, 3.63) is 54.4 Å². The minimum Gasteiger partial charge on any atom is -0.493 e. The van der Waals surface area contributed by atoms with E-state index < -0.39 is 0 Å². The summed E-state index contributed by atoms with van der Waals surface area (Å²) in [6.45, 7) is 3.54. The van der Waals surface area contributed by atoms with Gasteiger partial charge in [0.2, 0.25) is 0 Å². The van der Waals surface area contributed by atoms with Gasteiger partial charge in [0, 0.05) is 18.0 Å². The summed E-state index contributed by atoms with van der Waals surface area (Å²) in [4.78, 5) is 4.32. The summed E-state index contributed by atoms with van der Waals surface area (Å²) < 4.78 is 5.58. The van der Waals surface area contributed by atoms with Crippen LogP contribution in [0.4, 0.5) is 5.69 Å². The molecular weight excluding hydrogens is 224 g/mol. The molecule has 0 spiro atoms. The number of rotatable bonds is 6. The van der Waals surface area contributed by atoms with Crippen molar-refractivity contribution in [3.8, 4) is 5.75 Å². The molecule has 3 nitrogen and oxygen atoms in total. The van der Waals surface area contributed by atoms with Crippen LogP contribution in [0.3, 0.4) is 0 Å². The smallest absolute Gasteiger partial charge is 0.122 e. The van der Waals surface area contributed by atoms with E-state index in [1.165, 1.54) is 0 Å². The van der Waals surface area contributed by atoms with Crippen molar-refractivity contribution in [1.29, 1.82) is 0 Å². The van der Waals surface area contributed by atoms with Crippen LogP contribution >= 0.6 is 0 Å². The zero-order chi connectivity index (χ0) is 12.6. The Morgan fingerprint density at radius 3 is 2.78 bits per heavy atom. The fourth-order valence-corrected chi connectivity index (χ4v) is 1.61. The predicted molar refractivity (Wildman–Crippen MR) is 73.8 cm³/mol. The minimum atomic E-state index is 0.702. The van der Waals surface area contributed by atoms with Crippen molar-refractivity contribution >= 4 is 5.69 Å². The molecule has 0 saturated carbocycles. The molecule has 0 aliphatic rings. The van der Waals surface area contributed by atoms with E-state index in [1.807, 2.05) is 42.5 Å². The Balaban J connectivity index is 1.93. The van der Waals surface area contributed by atoms with Crippen LogP contribution in [0.5, 0.6) is 5.75 Å². The summed E-state index contributed by atoms with van der Waals surface area (Å²) in [5.41, 5.74) is 2.08. The Kier molecular flexibility index (Phi) is 4.59. The van der Waals surface area contributed by atoms with E-state index in [1.54, 1.807) is 6.20 Å². The van der Waals surface area contributed by atoms with Crippen molar-refractivity contribution in [2.75, 3.05) is 11.9 Å². The monoisotopic (exact) mass is 242 g/mol. The third kappa shape index (κ3) is 3.77. The van der Waals surface area contributed by atoms with Crippen LogP contribution in [0, 0.1) is 0 Å². The molecule has 0 unspecified atom stereocenters. The molecule has 0 bridgehead atoms. The van der Waals surface area contributed by atoms with Gasteiger partial charge in [0.25, 0.3) is 0 Å². The normalized spacial score (nSPS) is 10.1. The fraction of sp³-hybridized carbons (Fsp3) is 0.267. The number of para-hydroxylation sites is 1. The first kappa shape index (κ1) is 12.4. The van der Waals surface area contributed by atoms with Crippen LogP contribution in [0.25, 0.3) is 0 Å². The van der Waals surface area contributed by atoms with Crippen molar-refractivity contribution in [2.24, 2.45) is 0 Å². The lowest BCUT2D eigenvalue weighted by atomic mass is 10.3. The molecule has 0 atom stereocenters. The lowest BCUT2D eigenvalue weighted by Gasteiger charge is -2.08. The molecule has 1 aromatic heterocycles. The maximum absolute atomic E-state index is 5.58. The number of aromatic nitrogens is 1. The van der Waals surface area contributed by atoms with E-state index in [9.17, 15) is 0 Å². The van der Waals surface area contributed by atoms with Crippen LogP contribution in [0.15, 0.2) is 48.7 Å². The van der Waals surface area contributed by atoms with Crippen molar-refractivity contribution in [3.63, 3.8) is 0 Å². The summed E-state index contributed by atoms with van der Waals surface area (Å²) in [5.74, 6) is 0.886. The van der Waals surface area contributed by atoms with Gasteiger partial charge in [-0.05, 0) is 24.6 Å². The highest BCUT2D eigenvalue weighted by molar-refractivity contribution is 5.42. The molecule has 0 aliphatic heterocycles. The van der Waals surface area contributed by atoms with Crippen LogP contribution in [-0.2, 0) is 6.54 Å². The van der Waals surface area contributed by atoms with Crippen LogP contribution < -0.4 is 10.1 Å². The van der Waals surface area contributed by atoms with Crippen molar-refractivity contribution in [2.45, 2.75) is 19.9 Å². The average molecular weight is 242 g/mol. The van der Waals surface area contributed by atoms with Gasteiger partial charge in [-0.3, -0.25) is 4.98 Å². The van der Waals surface area contributed by atoms with Crippen LogP contribution in [-0.4, -0.2) is 11.6 Å². The molecule has 94 valence electrons. The Morgan fingerprint density at radius 1 is 1.17 bits per heavy atom. The van der Waals surface area contributed by atoms with E-state index in [2.05, 4.69) is 17.2 Å². The number of benzene rings is 1. The highest BCUT2D eigenvalue weighted by Gasteiger charge is 1.98. The number of hydrogen-bond donors (Lipinski definition) is 1. The fourth-order valence-electron chi connectivity index (χ4n) is 1.61. The average Bonchev–Trinajstić information content (AvgIpc) is 2.44. The third-order valence-electron chi connectivity index (χ3n) is 2.51. The molecule has 3 heteroatoms. The van der Waals surface area contributed by atoms with Crippen molar-refractivity contribution < 1.29 is 4.74 Å². The molecular formula is C15H18N2O. The quantitative estimate of drug-likeness (QED) is 0.842. The second kappa shape index (κ2) is 6.64. The molecule has 0 radical (unpaired) electrons. The first-order valence-corrected chi connectivity index (χ1v) is 6.25. The SMILES string of the molecule is CCCOc1ccnc(CNc2ccccc2)c1. The van der Waals surface area contributed by atoms with Gasteiger partial charge >= 0.3 is 0 Å². The minimum absolute atomic E-state index is 0.702. The largest absolute Gasteiger partial charge is 0.493 e. The highest BCUT2D eigenvalue weighted by atomic mass is 16.5. The van der Waals surface area contributed by atoms with E-state index >= 15 is 0 Å². The third-order valence-corrected chi connectivity index (χ3v) is 2.51. The molecule has 1 aromatic carbocycles. The Hall–Kier alpha value is -2.03. The van der Waals surface area contributed by atoms with Gasteiger partial charge < -0.3 is 10.1 Å². The number of nitrogens with one attached hydrogen (secondary N) is 1. The van der Waals surface area contributed by atoms with Crippen LogP contribution in [0.2, 0.25) is 0 Å². The summed E-state index contributed by atoms with van der Waals surface area (Å²) in [7, 11) is 0. The zero-order valence-corrected chi connectivity index (χ0v) is 10.6. The van der Waals surface area contributed by atoms with Gasteiger partial charge in [0.05, 0.1) is 18.8 Å². The lowest BCUT2D eigenvalue weighted by molar-refractivity contribution is 0.316. The summed E-state index contributed by atoms with van der Waals surface area (Å²) >= 11 is 0. The van der Waals surface area contributed by atoms with E-state index in [-0.39, 0.29) is 0 Å². The number of pyridine rings is 1. The van der Waals surface area contributed by atoms with Gasteiger partial charge in [-0.1, -0.05) is 25.1 Å². The number of nitrogens with zero attached hydrogens (tertiary/aromatic N) is 1. The van der Waals surface area contributed by atoms with E-state index in [0.29, 0.717) is 6.54 Å². The van der Waals surface area contributed by atoms with Crippen LogP contribution in [0.1, 0.15) is 19.0 Å². The Morgan fingerprint density at radius 2 is 2.00 bits per heavy atom. The Bertz CT molecular complexity index is 471. The van der Waals surface area contributed by atoms with Gasteiger partial charge in [0.15, 0.2) is 0 Å². The summed E-state index contributed by atoms with van der Waals surface area (Å²) in [6.07, 6.45) is 2.80. The first-order valence-electron chi connectivity index (χ1n) is 6.25. The predicted octanol–water partition coefficient (Wildman–Crippen LogP) is 3.48. The summed E-state index contributed by atoms with van der Waals surface area (Å²) in [5, 5.41) is 3.33. The molecule has 0 fully saturated rings. The maximum atomic E-state index is 5.58. The standard InChI is InChI=1S/C15H18N2O/c1-2-10-18-15-8-9-16-14(11-15)12-17-13-6-4-3-5-7-13/h3-9,11,17H,2,10,12H2,1H3. The van der Waals surface area contributed by atoms with Gasteiger partial charge in [-0.15, -0.1) is 0 Å². The highest BCUT2D eigenvalue weighted by Crippen LogP contribution is 2.13. The van der Waals surface area contributed by atoms with Gasteiger partial charge in [-0.25, -0.2) is 0 Å². The Labute approximate surface area is 108 Å².